The highest BCUT2D eigenvalue weighted by Crippen LogP contribution is 2.23. The summed E-state index contributed by atoms with van der Waals surface area (Å²) in [7, 11) is 1.40. The van der Waals surface area contributed by atoms with Gasteiger partial charge in [-0.15, -0.1) is 0 Å². The Labute approximate surface area is 204 Å². The molecule has 34 heavy (non-hydrogen) atoms. The summed E-state index contributed by atoms with van der Waals surface area (Å²) >= 11 is 0. The van der Waals surface area contributed by atoms with Crippen molar-refractivity contribution in [2.24, 2.45) is 5.92 Å². The van der Waals surface area contributed by atoms with E-state index in [1.54, 1.807) is 0 Å². The van der Waals surface area contributed by atoms with Gasteiger partial charge in [-0.1, -0.05) is 44.2 Å². The molecule has 4 atom stereocenters. The second-order valence-corrected chi connectivity index (χ2v) is 10.2. The Morgan fingerprint density at radius 3 is 2.44 bits per heavy atom. The predicted molar refractivity (Wildman–Crippen MR) is 130 cm³/mol. The van der Waals surface area contributed by atoms with Gasteiger partial charge in [-0.25, -0.2) is 4.79 Å². The maximum Gasteiger partial charge on any atom is 0.407 e. The maximum atomic E-state index is 12.3. The molecule has 1 fully saturated rings. The lowest BCUT2D eigenvalue weighted by molar-refractivity contribution is -0.148. The van der Waals surface area contributed by atoms with Crippen molar-refractivity contribution >= 4 is 12.1 Å². The highest BCUT2D eigenvalue weighted by Gasteiger charge is 2.33. The van der Waals surface area contributed by atoms with Gasteiger partial charge >= 0.3 is 12.1 Å². The first-order chi connectivity index (χ1) is 16.1. The Bertz CT molecular complexity index is 749. The van der Waals surface area contributed by atoms with Gasteiger partial charge in [0.25, 0.3) is 0 Å². The Hall–Kier alpha value is -2.16. The predicted octanol–water partition coefficient (Wildman–Crippen LogP) is 3.82. The van der Waals surface area contributed by atoms with Crippen molar-refractivity contribution in [2.75, 3.05) is 20.2 Å². The molecule has 1 heterocycles. The van der Waals surface area contributed by atoms with Gasteiger partial charge in [0.05, 0.1) is 32.0 Å². The van der Waals surface area contributed by atoms with E-state index < -0.39 is 17.7 Å². The van der Waals surface area contributed by atoms with Crippen molar-refractivity contribution in [3.05, 3.63) is 35.9 Å². The zero-order valence-corrected chi connectivity index (χ0v) is 21.5. The number of benzene rings is 1. The number of nitrogens with one attached hydrogen (secondary N) is 2. The standard InChI is InChI=1S/C26H42N2O6/c1-18(2)14-21(24(29)31-6)27-16-23-22(32-17-19-10-8-7-9-11-19)13-12-20(33-23)15-28-25(30)34-26(3,4)5/h7-11,18,20-23,27H,12-17H2,1-6H3,(H,28,30)/t20-,21-,22-,23+/m0/s1. The molecule has 0 saturated carbocycles. The molecular formula is C26H42N2O6. The number of amides is 1. The molecule has 0 unspecified atom stereocenters. The van der Waals surface area contributed by atoms with E-state index in [0.717, 1.165) is 18.4 Å². The summed E-state index contributed by atoms with van der Waals surface area (Å²) in [6.45, 7) is 10.9. The zero-order chi connectivity index (χ0) is 25.1. The van der Waals surface area contributed by atoms with E-state index in [1.165, 1.54) is 7.11 Å². The number of hydrogen-bond donors (Lipinski definition) is 2. The van der Waals surface area contributed by atoms with Crippen LogP contribution in [0.2, 0.25) is 0 Å². The summed E-state index contributed by atoms with van der Waals surface area (Å²) in [5, 5.41) is 6.12. The summed E-state index contributed by atoms with van der Waals surface area (Å²) in [6, 6.07) is 9.59. The van der Waals surface area contributed by atoms with Gasteiger partial charge < -0.3 is 29.6 Å². The van der Waals surface area contributed by atoms with Crippen LogP contribution in [0.1, 0.15) is 59.4 Å². The highest BCUT2D eigenvalue weighted by atomic mass is 16.6. The first kappa shape index (κ1) is 28.1. The number of methoxy groups -OCH3 is 1. The van der Waals surface area contributed by atoms with E-state index in [-0.39, 0.29) is 24.3 Å². The van der Waals surface area contributed by atoms with E-state index in [0.29, 0.717) is 32.0 Å². The van der Waals surface area contributed by atoms with Gasteiger partial charge in [-0.2, -0.15) is 0 Å². The van der Waals surface area contributed by atoms with E-state index >= 15 is 0 Å². The van der Waals surface area contributed by atoms with Gasteiger partial charge in [0, 0.05) is 13.1 Å². The molecule has 1 saturated heterocycles. The molecule has 2 N–H and O–H groups in total. The van der Waals surface area contributed by atoms with Gasteiger partial charge in [0.2, 0.25) is 0 Å². The number of alkyl carbamates (subject to hydrolysis) is 1. The van der Waals surface area contributed by atoms with Crippen LogP contribution >= 0.6 is 0 Å². The van der Waals surface area contributed by atoms with Gasteiger partial charge in [-0.3, -0.25) is 4.79 Å². The third kappa shape index (κ3) is 10.4. The van der Waals surface area contributed by atoms with Crippen LogP contribution in [0.5, 0.6) is 0 Å². The van der Waals surface area contributed by atoms with Crippen LogP contribution in [0.4, 0.5) is 4.79 Å². The molecular weight excluding hydrogens is 436 g/mol. The van der Waals surface area contributed by atoms with Crippen molar-refractivity contribution < 1.29 is 28.5 Å². The summed E-state index contributed by atoms with van der Waals surface area (Å²) in [5.74, 6) is 0.0502. The Balaban J connectivity index is 1.99. The van der Waals surface area contributed by atoms with Crippen LogP contribution in [0.3, 0.4) is 0 Å². The summed E-state index contributed by atoms with van der Waals surface area (Å²) in [6.07, 6.45) is 1.16. The van der Waals surface area contributed by atoms with Crippen LogP contribution in [0, 0.1) is 5.92 Å². The fourth-order valence-corrected chi connectivity index (χ4v) is 3.88. The number of hydrogen-bond acceptors (Lipinski definition) is 7. The summed E-state index contributed by atoms with van der Waals surface area (Å²) in [5.41, 5.74) is 0.537. The van der Waals surface area contributed by atoms with E-state index in [1.807, 2.05) is 51.1 Å². The van der Waals surface area contributed by atoms with Crippen LogP contribution in [-0.2, 0) is 30.3 Å². The van der Waals surface area contributed by atoms with Crippen molar-refractivity contribution in [3.8, 4) is 0 Å². The van der Waals surface area contributed by atoms with E-state index in [9.17, 15) is 9.59 Å². The normalized spacial score (nSPS) is 21.7. The first-order valence-electron chi connectivity index (χ1n) is 12.2. The Morgan fingerprint density at radius 1 is 1.12 bits per heavy atom. The molecule has 2 rings (SSSR count). The minimum atomic E-state index is -0.556. The fourth-order valence-electron chi connectivity index (χ4n) is 3.88. The monoisotopic (exact) mass is 478 g/mol. The molecule has 1 aliphatic heterocycles. The van der Waals surface area contributed by atoms with Gasteiger partial charge in [-0.05, 0) is 51.5 Å². The third-order valence-electron chi connectivity index (χ3n) is 5.49. The number of carbonyl (C=O) groups is 2. The quantitative estimate of drug-likeness (QED) is 0.467. The Kier molecular flexibility index (Phi) is 11.3. The van der Waals surface area contributed by atoms with Crippen molar-refractivity contribution in [3.63, 3.8) is 0 Å². The second kappa shape index (κ2) is 13.7. The lowest BCUT2D eigenvalue weighted by Crippen LogP contribution is -2.51. The molecule has 0 radical (unpaired) electrons. The van der Waals surface area contributed by atoms with E-state index in [2.05, 4.69) is 24.5 Å². The molecule has 1 aromatic carbocycles. The molecule has 1 amide bonds. The molecule has 0 aliphatic carbocycles. The molecule has 0 aromatic heterocycles. The molecule has 1 aliphatic rings. The van der Waals surface area contributed by atoms with Gasteiger partial charge in [0.15, 0.2) is 0 Å². The van der Waals surface area contributed by atoms with Crippen LogP contribution in [-0.4, -0.2) is 62.2 Å². The fraction of sp³-hybridized carbons (Fsp3) is 0.692. The number of esters is 1. The van der Waals surface area contributed by atoms with Crippen LogP contribution in [0.15, 0.2) is 30.3 Å². The average molecular weight is 479 g/mol. The number of rotatable bonds is 11. The molecule has 8 heteroatoms. The van der Waals surface area contributed by atoms with E-state index in [4.69, 9.17) is 18.9 Å². The van der Waals surface area contributed by atoms with Crippen molar-refractivity contribution in [1.29, 1.82) is 0 Å². The van der Waals surface area contributed by atoms with Crippen LogP contribution in [0.25, 0.3) is 0 Å². The summed E-state index contributed by atoms with van der Waals surface area (Å²) < 4.78 is 22.9. The minimum Gasteiger partial charge on any atom is -0.468 e. The largest absolute Gasteiger partial charge is 0.468 e. The van der Waals surface area contributed by atoms with Crippen LogP contribution < -0.4 is 10.6 Å². The lowest BCUT2D eigenvalue weighted by atomic mass is 9.99. The van der Waals surface area contributed by atoms with Crippen molar-refractivity contribution in [1.82, 2.24) is 10.6 Å². The lowest BCUT2D eigenvalue weighted by Gasteiger charge is -2.37. The SMILES string of the molecule is COC(=O)[C@H](CC(C)C)NC[C@H]1O[C@H](CNC(=O)OC(C)(C)C)CC[C@@H]1OCc1ccccc1. The zero-order valence-electron chi connectivity index (χ0n) is 21.5. The smallest absolute Gasteiger partial charge is 0.407 e. The minimum absolute atomic E-state index is 0.136. The maximum absolute atomic E-state index is 12.3. The third-order valence-corrected chi connectivity index (χ3v) is 5.49. The molecule has 0 bridgehead atoms. The second-order valence-electron chi connectivity index (χ2n) is 10.2. The molecule has 0 spiro atoms. The number of ether oxygens (including phenoxy) is 4. The average Bonchev–Trinajstić information content (AvgIpc) is 2.78. The topological polar surface area (TPSA) is 95.1 Å². The van der Waals surface area contributed by atoms with Gasteiger partial charge in [0.1, 0.15) is 11.6 Å². The first-order valence-corrected chi connectivity index (χ1v) is 12.2. The molecule has 8 nitrogen and oxygen atoms in total. The summed E-state index contributed by atoms with van der Waals surface area (Å²) in [4.78, 5) is 24.3. The Morgan fingerprint density at radius 2 is 1.82 bits per heavy atom. The highest BCUT2D eigenvalue weighted by molar-refractivity contribution is 5.75. The molecule has 1 aromatic rings. The molecule has 192 valence electrons. The van der Waals surface area contributed by atoms with Crippen molar-refractivity contribution in [2.45, 2.75) is 90.4 Å². The number of carbonyl (C=O) groups excluding carboxylic acids is 2.